The van der Waals surface area contributed by atoms with Gasteiger partial charge in [0.1, 0.15) is 18.0 Å². The first-order valence-electron chi connectivity index (χ1n) is 11.7. The highest BCUT2D eigenvalue weighted by Crippen LogP contribution is 2.44. The van der Waals surface area contributed by atoms with Crippen LogP contribution in [-0.4, -0.2) is 62.4 Å². The van der Waals surface area contributed by atoms with Crippen LogP contribution in [0.4, 0.5) is 10.7 Å². The number of hydrogen-bond donors (Lipinski definition) is 2. The first kappa shape index (κ1) is 26.2. The molecule has 2 saturated heterocycles. The van der Waals surface area contributed by atoms with Gasteiger partial charge in [-0.25, -0.2) is 4.79 Å². The summed E-state index contributed by atoms with van der Waals surface area (Å²) >= 11 is 2.69. The predicted molar refractivity (Wildman–Crippen MR) is 138 cm³/mol. The Morgan fingerprint density at radius 3 is 2.71 bits per heavy atom. The summed E-state index contributed by atoms with van der Waals surface area (Å²) in [5, 5.41) is 26.4. The van der Waals surface area contributed by atoms with Crippen molar-refractivity contribution in [3.8, 4) is 0 Å². The minimum absolute atomic E-state index is 0.0597. The molecule has 2 aromatic rings. The fourth-order valence-electron chi connectivity index (χ4n) is 4.57. The van der Waals surface area contributed by atoms with E-state index in [1.807, 2.05) is 5.38 Å². The summed E-state index contributed by atoms with van der Waals surface area (Å²) in [6.45, 7) is 1.54. The molecule has 12 nitrogen and oxygen atoms in total. The number of nitro benzene ring substituents is 1. The Kier molecular flexibility index (Phi) is 7.13. The molecular weight excluding hydrogens is 536 g/mol. The average Bonchev–Trinajstić information content (AvgIpc) is 3.57. The van der Waals surface area contributed by atoms with Crippen molar-refractivity contribution in [1.29, 1.82) is 0 Å². The van der Waals surface area contributed by atoms with Crippen molar-refractivity contribution in [3.63, 3.8) is 0 Å². The molecule has 0 radical (unpaired) electrons. The number of amides is 2. The maximum Gasteiger partial charge on any atom is 0.357 e. The molecule has 38 heavy (non-hydrogen) atoms. The summed E-state index contributed by atoms with van der Waals surface area (Å²) in [5.74, 6) is -3.01. The third-order valence-electron chi connectivity index (χ3n) is 6.36. The Morgan fingerprint density at radius 2 is 2.11 bits per heavy atom. The number of nitrogens with zero attached hydrogens (tertiary/aromatic N) is 3. The molecule has 1 aromatic heterocycles. The lowest BCUT2D eigenvalue weighted by Crippen LogP contribution is -2.72. The van der Waals surface area contributed by atoms with Crippen molar-refractivity contribution in [2.75, 3.05) is 17.3 Å². The topological polar surface area (TPSA) is 152 Å². The molecule has 14 heteroatoms. The summed E-state index contributed by atoms with van der Waals surface area (Å²) in [6, 6.07) is 8.30. The number of benzene rings is 1. The zero-order chi connectivity index (χ0) is 27.0. The molecule has 0 aliphatic carbocycles. The number of nitrogens with one attached hydrogen (secondary N) is 1. The fourth-order valence-corrected chi connectivity index (χ4v) is 6.71. The van der Waals surface area contributed by atoms with Gasteiger partial charge in [0.15, 0.2) is 5.70 Å². The van der Waals surface area contributed by atoms with Gasteiger partial charge >= 0.3 is 5.97 Å². The minimum atomic E-state index is -1.68. The SMILES string of the molecule is CC(=O)N(c1cccs1)[C@@H]1C(=O)N2C(C(=O)OCc3ccc([N+](=O)[O-])cc3)=C(NC3(O)CCCO3)CS[C@H]12. The van der Waals surface area contributed by atoms with Gasteiger partial charge < -0.3 is 19.9 Å². The molecule has 0 spiro atoms. The van der Waals surface area contributed by atoms with Gasteiger partial charge in [-0.15, -0.1) is 23.1 Å². The van der Waals surface area contributed by atoms with Crippen LogP contribution in [0.15, 0.2) is 53.2 Å². The number of aliphatic hydroxyl groups is 1. The summed E-state index contributed by atoms with van der Waals surface area (Å²) in [5.41, 5.74) is 0.646. The Balaban J connectivity index is 1.41. The van der Waals surface area contributed by atoms with Crippen LogP contribution < -0.4 is 10.2 Å². The molecule has 3 aliphatic heterocycles. The lowest BCUT2D eigenvalue weighted by atomic mass is 10.0. The van der Waals surface area contributed by atoms with Gasteiger partial charge in [0, 0.05) is 31.2 Å². The Hall–Kier alpha value is -3.46. The highest BCUT2D eigenvalue weighted by atomic mass is 32.2. The number of non-ortho nitro benzene ring substituents is 1. The van der Waals surface area contributed by atoms with Crippen molar-refractivity contribution in [2.45, 2.75) is 43.7 Å². The van der Waals surface area contributed by atoms with E-state index in [-0.39, 0.29) is 35.3 Å². The first-order valence-corrected chi connectivity index (χ1v) is 13.7. The van der Waals surface area contributed by atoms with Crippen molar-refractivity contribution < 1.29 is 33.9 Å². The Morgan fingerprint density at radius 1 is 1.34 bits per heavy atom. The minimum Gasteiger partial charge on any atom is -0.456 e. The van der Waals surface area contributed by atoms with Crippen LogP contribution >= 0.6 is 23.1 Å². The van der Waals surface area contributed by atoms with Crippen molar-refractivity contribution in [3.05, 3.63) is 68.9 Å². The molecule has 3 atom stereocenters. The lowest BCUT2D eigenvalue weighted by molar-refractivity contribution is -0.384. The van der Waals surface area contributed by atoms with E-state index >= 15 is 0 Å². The second-order valence-corrected chi connectivity index (χ2v) is 10.9. The van der Waals surface area contributed by atoms with Crippen LogP contribution in [-0.2, 0) is 30.5 Å². The first-order chi connectivity index (χ1) is 18.2. The number of anilines is 1. The number of β-lactam (4-membered cyclic amide) rings is 1. The number of rotatable bonds is 8. The van der Waals surface area contributed by atoms with Crippen LogP contribution in [0.25, 0.3) is 0 Å². The molecule has 0 bridgehead atoms. The quantitative estimate of drug-likeness (QED) is 0.162. The summed E-state index contributed by atoms with van der Waals surface area (Å²) < 4.78 is 10.9. The molecule has 1 unspecified atom stereocenters. The van der Waals surface area contributed by atoms with Gasteiger partial charge in [0.05, 0.1) is 22.2 Å². The fraction of sp³-hybridized carbons (Fsp3) is 0.375. The molecular formula is C24H24N4O8S2. The van der Waals surface area contributed by atoms with Crippen LogP contribution in [0.1, 0.15) is 25.3 Å². The maximum atomic E-state index is 13.5. The molecule has 2 amide bonds. The van der Waals surface area contributed by atoms with Gasteiger partial charge in [-0.1, -0.05) is 0 Å². The van der Waals surface area contributed by atoms with Crippen molar-refractivity contribution >= 4 is 51.6 Å². The number of carbonyl (C=O) groups excluding carboxylic acids is 3. The standard InChI is InChI=1S/C24H24N4O8S2/c1-14(29)26(18-4-2-11-37-18)20-21(30)27-19(17(13-38-22(20)27)25-24(32)9-3-10-36-24)23(31)35-12-15-5-7-16(8-6-15)28(33)34/h2,4-8,11,20,22,25,32H,3,9-10,12-13H2,1H3/t20-,22-,24?/m1/s1. The molecule has 0 saturated carbocycles. The maximum absolute atomic E-state index is 13.5. The number of thiophene rings is 1. The zero-order valence-corrected chi connectivity index (χ0v) is 21.8. The summed E-state index contributed by atoms with van der Waals surface area (Å²) in [4.78, 5) is 52.5. The predicted octanol–water partition coefficient (Wildman–Crippen LogP) is 2.29. The van der Waals surface area contributed by atoms with E-state index in [1.54, 1.807) is 12.1 Å². The molecule has 2 fully saturated rings. The summed E-state index contributed by atoms with van der Waals surface area (Å²) in [6.07, 6.45) is 0.911. The highest BCUT2D eigenvalue weighted by molar-refractivity contribution is 8.00. The smallest absolute Gasteiger partial charge is 0.357 e. The third kappa shape index (κ3) is 4.87. The number of nitro groups is 1. The highest BCUT2D eigenvalue weighted by Gasteiger charge is 2.58. The van der Waals surface area contributed by atoms with Gasteiger partial charge in [-0.05, 0) is 41.6 Å². The van der Waals surface area contributed by atoms with E-state index in [2.05, 4.69) is 5.32 Å². The molecule has 1 aromatic carbocycles. The number of ether oxygens (including phenoxy) is 2. The van der Waals surface area contributed by atoms with Gasteiger partial charge in [-0.3, -0.25) is 29.5 Å². The van der Waals surface area contributed by atoms with Crippen LogP contribution in [0.3, 0.4) is 0 Å². The Labute approximate surface area is 225 Å². The van der Waals surface area contributed by atoms with E-state index in [1.165, 1.54) is 64.1 Å². The molecule has 200 valence electrons. The third-order valence-corrected chi connectivity index (χ3v) is 8.49. The van der Waals surface area contributed by atoms with Gasteiger partial charge in [-0.2, -0.15) is 0 Å². The van der Waals surface area contributed by atoms with E-state index in [0.29, 0.717) is 30.0 Å². The van der Waals surface area contributed by atoms with E-state index in [9.17, 15) is 29.6 Å². The van der Waals surface area contributed by atoms with Crippen molar-refractivity contribution in [1.82, 2.24) is 10.2 Å². The van der Waals surface area contributed by atoms with E-state index < -0.39 is 34.1 Å². The number of carbonyl (C=O) groups is 3. The largest absolute Gasteiger partial charge is 0.456 e. The normalized spacial score (nSPS) is 24.5. The number of fused-ring (bicyclic) bond motifs is 1. The molecule has 4 heterocycles. The number of thioether (sulfide) groups is 1. The van der Waals surface area contributed by atoms with Crippen LogP contribution in [0.5, 0.6) is 0 Å². The zero-order valence-electron chi connectivity index (χ0n) is 20.2. The van der Waals surface area contributed by atoms with Crippen LogP contribution in [0.2, 0.25) is 0 Å². The van der Waals surface area contributed by atoms with E-state index in [4.69, 9.17) is 9.47 Å². The molecule has 3 aliphatic rings. The lowest BCUT2D eigenvalue weighted by Gasteiger charge is -2.52. The molecule has 2 N–H and O–H groups in total. The molecule has 5 rings (SSSR count). The second-order valence-electron chi connectivity index (χ2n) is 8.88. The average molecular weight is 561 g/mol. The van der Waals surface area contributed by atoms with Gasteiger partial charge in [0.25, 0.3) is 11.6 Å². The number of hydrogen-bond acceptors (Lipinski definition) is 11. The Bertz CT molecular complexity index is 1290. The second kappa shape index (κ2) is 10.4. The van der Waals surface area contributed by atoms with Crippen LogP contribution in [0, 0.1) is 10.1 Å². The van der Waals surface area contributed by atoms with Crippen molar-refractivity contribution in [2.24, 2.45) is 0 Å². The summed E-state index contributed by atoms with van der Waals surface area (Å²) in [7, 11) is 0. The van der Waals surface area contributed by atoms with Gasteiger partial charge in [0.2, 0.25) is 11.8 Å². The van der Waals surface area contributed by atoms with E-state index in [0.717, 1.165) is 0 Å². The number of esters is 1. The monoisotopic (exact) mass is 560 g/mol.